The van der Waals surface area contributed by atoms with Crippen molar-refractivity contribution in [1.82, 2.24) is 9.78 Å². The fourth-order valence-corrected chi connectivity index (χ4v) is 2.34. The predicted molar refractivity (Wildman–Crippen MR) is 86.6 cm³/mol. The van der Waals surface area contributed by atoms with Crippen LogP contribution in [0.15, 0.2) is 60.8 Å². The van der Waals surface area contributed by atoms with E-state index in [-0.39, 0.29) is 0 Å². The van der Waals surface area contributed by atoms with Gasteiger partial charge < -0.3 is 11.1 Å². The molecule has 1 aromatic heterocycles. The van der Waals surface area contributed by atoms with Crippen molar-refractivity contribution in [1.29, 1.82) is 0 Å². The van der Waals surface area contributed by atoms with E-state index in [1.807, 2.05) is 31.3 Å². The number of aryl methyl sites for hydroxylation is 1. The number of para-hydroxylation sites is 1. The summed E-state index contributed by atoms with van der Waals surface area (Å²) in [6.45, 7) is 0. The summed E-state index contributed by atoms with van der Waals surface area (Å²) in [6, 6.07) is 18.6. The third kappa shape index (κ3) is 3.05. The van der Waals surface area contributed by atoms with Crippen molar-refractivity contribution >= 4 is 17.2 Å². The van der Waals surface area contributed by atoms with Gasteiger partial charge in [0.05, 0.1) is 5.69 Å². The van der Waals surface area contributed by atoms with Crippen LogP contribution in [0.3, 0.4) is 0 Å². The zero-order valence-corrected chi connectivity index (χ0v) is 12.0. The molecule has 0 amide bonds. The lowest BCUT2D eigenvalue weighted by Gasteiger charge is -2.11. The molecule has 4 heteroatoms. The molecule has 0 radical (unpaired) electrons. The zero-order chi connectivity index (χ0) is 14.7. The first-order valence-corrected chi connectivity index (χ1v) is 6.90. The Morgan fingerprint density at radius 1 is 1.05 bits per heavy atom. The van der Waals surface area contributed by atoms with Gasteiger partial charge in [-0.25, -0.2) is 0 Å². The molecule has 0 saturated carbocycles. The van der Waals surface area contributed by atoms with E-state index in [2.05, 4.69) is 40.7 Å². The first-order chi connectivity index (χ1) is 10.2. The third-order valence-corrected chi connectivity index (χ3v) is 3.36. The van der Waals surface area contributed by atoms with Crippen LogP contribution in [0.2, 0.25) is 0 Å². The molecule has 2 aromatic carbocycles. The summed E-state index contributed by atoms with van der Waals surface area (Å²) >= 11 is 0. The van der Waals surface area contributed by atoms with Crippen LogP contribution in [0.25, 0.3) is 0 Å². The second kappa shape index (κ2) is 5.71. The predicted octanol–water partition coefficient (Wildman–Crippen LogP) is 3.34. The summed E-state index contributed by atoms with van der Waals surface area (Å²) in [5.41, 5.74) is 10.1. The molecule has 0 saturated heterocycles. The lowest BCUT2D eigenvalue weighted by atomic mass is 10.0. The molecule has 0 unspecified atom stereocenters. The van der Waals surface area contributed by atoms with Gasteiger partial charge in [-0.2, -0.15) is 5.10 Å². The van der Waals surface area contributed by atoms with Crippen LogP contribution in [0.4, 0.5) is 17.2 Å². The molecule has 0 fully saturated rings. The van der Waals surface area contributed by atoms with E-state index in [9.17, 15) is 0 Å². The number of nitrogens with two attached hydrogens (primary N) is 1. The van der Waals surface area contributed by atoms with Gasteiger partial charge in [0.15, 0.2) is 5.82 Å². The Balaban J connectivity index is 1.87. The standard InChI is InChI=1S/C17H18N4/c1-21-12-15(18)17(20-21)19-16-10-6-5-9-14(16)11-13-7-3-2-4-8-13/h2-10,12H,11,18H2,1H3,(H,19,20). The maximum absolute atomic E-state index is 5.95. The lowest BCUT2D eigenvalue weighted by molar-refractivity contribution is 0.771. The molecule has 21 heavy (non-hydrogen) atoms. The van der Waals surface area contributed by atoms with Crippen molar-refractivity contribution in [2.24, 2.45) is 7.05 Å². The number of anilines is 3. The van der Waals surface area contributed by atoms with Crippen molar-refractivity contribution in [2.45, 2.75) is 6.42 Å². The fourth-order valence-electron chi connectivity index (χ4n) is 2.34. The highest BCUT2D eigenvalue weighted by molar-refractivity contribution is 5.70. The van der Waals surface area contributed by atoms with Crippen LogP contribution >= 0.6 is 0 Å². The zero-order valence-electron chi connectivity index (χ0n) is 12.0. The summed E-state index contributed by atoms with van der Waals surface area (Å²) in [5, 5.41) is 7.66. The lowest BCUT2D eigenvalue weighted by Crippen LogP contribution is -2.00. The van der Waals surface area contributed by atoms with E-state index in [1.165, 1.54) is 11.1 Å². The highest BCUT2D eigenvalue weighted by Gasteiger charge is 2.08. The van der Waals surface area contributed by atoms with E-state index in [0.29, 0.717) is 11.5 Å². The maximum atomic E-state index is 5.95. The van der Waals surface area contributed by atoms with Crippen molar-refractivity contribution in [3.63, 3.8) is 0 Å². The average molecular weight is 278 g/mol. The average Bonchev–Trinajstić information content (AvgIpc) is 2.80. The molecule has 3 N–H and O–H groups in total. The van der Waals surface area contributed by atoms with E-state index >= 15 is 0 Å². The Morgan fingerprint density at radius 2 is 1.76 bits per heavy atom. The van der Waals surface area contributed by atoms with Gasteiger partial charge in [0.1, 0.15) is 0 Å². The molecule has 1 heterocycles. The number of nitrogens with zero attached hydrogens (tertiary/aromatic N) is 2. The van der Waals surface area contributed by atoms with Crippen molar-refractivity contribution in [3.05, 3.63) is 71.9 Å². The maximum Gasteiger partial charge on any atom is 0.175 e. The van der Waals surface area contributed by atoms with Crippen LogP contribution in [-0.2, 0) is 13.5 Å². The van der Waals surface area contributed by atoms with Gasteiger partial charge in [0.2, 0.25) is 0 Å². The van der Waals surface area contributed by atoms with Gasteiger partial charge in [0, 0.05) is 18.9 Å². The van der Waals surface area contributed by atoms with Crippen molar-refractivity contribution in [3.8, 4) is 0 Å². The Labute approximate surface area is 124 Å². The molecule has 0 spiro atoms. The molecular weight excluding hydrogens is 260 g/mol. The Bertz CT molecular complexity index is 732. The Morgan fingerprint density at radius 3 is 2.48 bits per heavy atom. The molecule has 0 bridgehead atoms. The van der Waals surface area contributed by atoms with Crippen LogP contribution < -0.4 is 11.1 Å². The summed E-state index contributed by atoms with van der Waals surface area (Å²) in [5.74, 6) is 0.693. The minimum Gasteiger partial charge on any atom is -0.394 e. The molecule has 0 aliphatic heterocycles. The van der Waals surface area contributed by atoms with Crippen LogP contribution in [-0.4, -0.2) is 9.78 Å². The van der Waals surface area contributed by atoms with E-state index in [4.69, 9.17) is 5.73 Å². The largest absolute Gasteiger partial charge is 0.394 e. The van der Waals surface area contributed by atoms with E-state index < -0.39 is 0 Å². The molecule has 0 aliphatic carbocycles. The van der Waals surface area contributed by atoms with Gasteiger partial charge in [-0.15, -0.1) is 0 Å². The number of benzene rings is 2. The Kier molecular flexibility index (Phi) is 3.60. The summed E-state index contributed by atoms with van der Waals surface area (Å²) < 4.78 is 1.71. The molecule has 0 aliphatic rings. The van der Waals surface area contributed by atoms with Crippen LogP contribution in [0.5, 0.6) is 0 Å². The number of nitrogens with one attached hydrogen (secondary N) is 1. The van der Waals surface area contributed by atoms with E-state index in [1.54, 1.807) is 10.9 Å². The first kappa shape index (κ1) is 13.2. The smallest absolute Gasteiger partial charge is 0.175 e. The molecule has 4 nitrogen and oxygen atoms in total. The monoisotopic (exact) mass is 278 g/mol. The highest BCUT2D eigenvalue weighted by atomic mass is 15.3. The SMILES string of the molecule is Cn1cc(N)c(Nc2ccccc2Cc2ccccc2)n1. The van der Waals surface area contributed by atoms with Crippen LogP contribution in [0.1, 0.15) is 11.1 Å². The first-order valence-electron chi connectivity index (χ1n) is 6.90. The van der Waals surface area contributed by atoms with Crippen LogP contribution in [0, 0.1) is 0 Å². The van der Waals surface area contributed by atoms with Crippen molar-refractivity contribution in [2.75, 3.05) is 11.1 Å². The van der Waals surface area contributed by atoms with E-state index in [0.717, 1.165) is 12.1 Å². The third-order valence-electron chi connectivity index (χ3n) is 3.36. The number of hydrogen-bond acceptors (Lipinski definition) is 3. The van der Waals surface area contributed by atoms with Crippen molar-refractivity contribution < 1.29 is 0 Å². The summed E-state index contributed by atoms with van der Waals surface area (Å²) in [7, 11) is 1.86. The number of aromatic nitrogens is 2. The fraction of sp³-hybridized carbons (Fsp3) is 0.118. The van der Waals surface area contributed by atoms with Gasteiger partial charge in [-0.05, 0) is 23.6 Å². The quantitative estimate of drug-likeness (QED) is 0.769. The Hall–Kier alpha value is -2.75. The minimum atomic E-state index is 0.645. The topological polar surface area (TPSA) is 55.9 Å². The molecule has 0 atom stereocenters. The normalized spacial score (nSPS) is 10.5. The van der Waals surface area contributed by atoms with Gasteiger partial charge >= 0.3 is 0 Å². The highest BCUT2D eigenvalue weighted by Crippen LogP contribution is 2.25. The van der Waals surface area contributed by atoms with Gasteiger partial charge in [-0.1, -0.05) is 48.5 Å². The number of rotatable bonds is 4. The number of nitrogen functional groups attached to an aromatic ring is 1. The van der Waals surface area contributed by atoms with Gasteiger partial charge in [-0.3, -0.25) is 4.68 Å². The summed E-state index contributed by atoms with van der Waals surface area (Å²) in [4.78, 5) is 0. The van der Waals surface area contributed by atoms with Gasteiger partial charge in [0.25, 0.3) is 0 Å². The summed E-state index contributed by atoms with van der Waals surface area (Å²) in [6.07, 6.45) is 2.67. The minimum absolute atomic E-state index is 0.645. The second-order valence-corrected chi connectivity index (χ2v) is 5.05. The number of hydrogen-bond donors (Lipinski definition) is 2. The molecule has 106 valence electrons. The molecular formula is C17H18N4. The second-order valence-electron chi connectivity index (χ2n) is 5.05. The molecule has 3 aromatic rings. The molecule has 3 rings (SSSR count).